The van der Waals surface area contributed by atoms with Crippen LogP contribution in [-0.4, -0.2) is 5.91 Å². The standard InChI is InChI=1S/C15H14ClNO/c1-10-5-4-8-13(16)15(10)12-7-3-2-6-11(12)9-14(17)18/h2-8H,9H2,1H3,(H2,17,18). The van der Waals surface area contributed by atoms with E-state index >= 15 is 0 Å². The van der Waals surface area contributed by atoms with Gasteiger partial charge in [0.1, 0.15) is 0 Å². The molecule has 2 nitrogen and oxygen atoms in total. The van der Waals surface area contributed by atoms with E-state index in [1.165, 1.54) is 0 Å². The minimum atomic E-state index is -0.341. The number of hydrogen-bond acceptors (Lipinski definition) is 1. The lowest BCUT2D eigenvalue weighted by atomic mass is 9.94. The SMILES string of the molecule is Cc1cccc(Cl)c1-c1ccccc1CC(N)=O. The van der Waals surface area contributed by atoms with Gasteiger partial charge < -0.3 is 5.73 Å². The van der Waals surface area contributed by atoms with Gasteiger partial charge in [0.25, 0.3) is 0 Å². The third-order valence-electron chi connectivity index (χ3n) is 2.87. The molecule has 92 valence electrons. The summed E-state index contributed by atoms with van der Waals surface area (Å²) in [6, 6.07) is 13.5. The fraction of sp³-hybridized carbons (Fsp3) is 0.133. The molecule has 3 heteroatoms. The van der Waals surface area contributed by atoms with E-state index in [1.54, 1.807) is 0 Å². The fourth-order valence-electron chi connectivity index (χ4n) is 2.08. The largest absolute Gasteiger partial charge is 0.369 e. The lowest BCUT2D eigenvalue weighted by Gasteiger charge is -2.12. The molecule has 2 N–H and O–H groups in total. The molecule has 0 saturated heterocycles. The van der Waals surface area contributed by atoms with Crippen molar-refractivity contribution in [3.05, 3.63) is 58.6 Å². The Morgan fingerprint density at radius 2 is 1.89 bits per heavy atom. The van der Waals surface area contributed by atoms with Crippen LogP contribution < -0.4 is 5.73 Å². The average Bonchev–Trinajstić information content (AvgIpc) is 2.30. The van der Waals surface area contributed by atoms with Crippen LogP contribution >= 0.6 is 11.6 Å². The van der Waals surface area contributed by atoms with Crippen molar-refractivity contribution in [3.8, 4) is 11.1 Å². The van der Waals surface area contributed by atoms with Gasteiger partial charge in [0.15, 0.2) is 0 Å². The van der Waals surface area contributed by atoms with Gasteiger partial charge in [0, 0.05) is 10.6 Å². The van der Waals surface area contributed by atoms with Gasteiger partial charge in [-0.1, -0.05) is 48.0 Å². The molecule has 0 unspecified atom stereocenters. The van der Waals surface area contributed by atoms with E-state index in [1.807, 2.05) is 49.4 Å². The molecule has 0 heterocycles. The highest BCUT2D eigenvalue weighted by Gasteiger charge is 2.11. The number of benzene rings is 2. The molecule has 0 aliphatic rings. The van der Waals surface area contributed by atoms with Crippen LogP contribution in [0.4, 0.5) is 0 Å². The normalized spacial score (nSPS) is 10.3. The summed E-state index contributed by atoms with van der Waals surface area (Å²) in [7, 11) is 0. The molecule has 2 aromatic rings. The number of amides is 1. The van der Waals surface area contributed by atoms with Crippen LogP contribution in [0.3, 0.4) is 0 Å². The summed E-state index contributed by atoms with van der Waals surface area (Å²) in [5.74, 6) is -0.341. The molecule has 0 aliphatic carbocycles. The van der Waals surface area contributed by atoms with E-state index < -0.39 is 0 Å². The lowest BCUT2D eigenvalue weighted by molar-refractivity contribution is -0.117. The molecule has 18 heavy (non-hydrogen) atoms. The third kappa shape index (κ3) is 2.54. The van der Waals surface area contributed by atoms with Crippen molar-refractivity contribution < 1.29 is 4.79 Å². The molecule has 2 rings (SSSR count). The van der Waals surface area contributed by atoms with Crippen molar-refractivity contribution >= 4 is 17.5 Å². The minimum absolute atomic E-state index is 0.223. The van der Waals surface area contributed by atoms with Crippen molar-refractivity contribution in [3.63, 3.8) is 0 Å². The van der Waals surface area contributed by atoms with Crippen molar-refractivity contribution in [2.45, 2.75) is 13.3 Å². The van der Waals surface area contributed by atoms with Gasteiger partial charge in [-0.15, -0.1) is 0 Å². The van der Waals surface area contributed by atoms with Crippen LogP contribution in [0, 0.1) is 6.92 Å². The second-order valence-corrected chi connectivity index (χ2v) is 4.64. The highest BCUT2D eigenvalue weighted by Crippen LogP contribution is 2.33. The zero-order chi connectivity index (χ0) is 13.1. The Labute approximate surface area is 111 Å². The number of hydrogen-bond donors (Lipinski definition) is 1. The number of rotatable bonds is 3. The molecule has 1 amide bonds. The second-order valence-electron chi connectivity index (χ2n) is 4.23. The second kappa shape index (κ2) is 5.23. The van der Waals surface area contributed by atoms with Gasteiger partial charge in [-0.05, 0) is 29.7 Å². The topological polar surface area (TPSA) is 43.1 Å². The Morgan fingerprint density at radius 1 is 1.17 bits per heavy atom. The van der Waals surface area contributed by atoms with Crippen LogP contribution in [0.5, 0.6) is 0 Å². The van der Waals surface area contributed by atoms with E-state index in [-0.39, 0.29) is 12.3 Å². The number of aryl methyl sites for hydroxylation is 1. The van der Waals surface area contributed by atoms with Gasteiger partial charge in [0.05, 0.1) is 6.42 Å². The van der Waals surface area contributed by atoms with Crippen molar-refractivity contribution in [2.24, 2.45) is 5.73 Å². The highest BCUT2D eigenvalue weighted by molar-refractivity contribution is 6.33. The summed E-state index contributed by atoms with van der Waals surface area (Å²) in [5.41, 5.74) is 9.20. The first-order chi connectivity index (χ1) is 8.59. The van der Waals surface area contributed by atoms with E-state index in [0.717, 1.165) is 22.3 Å². The maximum atomic E-state index is 11.1. The molecule has 0 saturated carbocycles. The first-order valence-corrected chi connectivity index (χ1v) is 6.09. The number of primary amides is 1. The van der Waals surface area contributed by atoms with E-state index in [4.69, 9.17) is 17.3 Å². The van der Waals surface area contributed by atoms with Gasteiger partial charge in [-0.3, -0.25) is 4.79 Å². The van der Waals surface area contributed by atoms with Gasteiger partial charge in [-0.25, -0.2) is 0 Å². The molecule has 0 atom stereocenters. The van der Waals surface area contributed by atoms with Gasteiger partial charge in [-0.2, -0.15) is 0 Å². The number of halogens is 1. The Kier molecular flexibility index (Phi) is 3.68. The third-order valence-corrected chi connectivity index (χ3v) is 3.19. The van der Waals surface area contributed by atoms with Gasteiger partial charge >= 0.3 is 0 Å². The van der Waals surface area contributed by atoms with E-state index in [0.29, 0.717) is 5.02 Å². The first kappa shape index (κ1) is 12.7. The van der Waals surface area contributed by atoms with Crippen molar-refractivity contribution in [2.75, 3.05) is 0 Å². The maximum absolute atomic E-state index is 11.1. The van der Waals surface area contributed by atoms with Crippen LogP contribution in [0.2, 0.25) is 5.02 Å². The summed E-state index contributed by atoms with van der Waals surface area (Å²) in [6.07, 6.45) is 0.223. The maximum Gasteiger partial charge on any atom is 0.221 e. The van der Waals surface area contributed by atoms with Crippen LogP contribution in [0.25, 0.3) is 11.1 Å². The fourth-order valence-corrected chi connectivity index (χ4v) is 2.40. The Morgan fingerprint density at radius 3 is 2.56 bits per heavy atom. The average molecular weight is 260 g/mol. The predicted molar refractivity (Wildman–Crippen MR) is 74.5 cm³/mol. The molecule has 0 bridgehead atoms. The smallest absolute Gasteiger partial charge is 0.221 e. The molecule has 0 aliphatic heterocycles. The summed E-state index contributed by atoms with van der Waals surface area (Å²) in [4.78, 5) is 11.1. The molecule has 0 radical (unpaired) electrons. The number of nitrogens with two attached hydrogens (primary N) is 1. The number of carbonyl (C=O) groups is 1. The van der Waals surface area contributed by atoms with E-state index in [2.05, 4.69) is 0 Å². The first-order valence-electron chi connectivity index (χ1n) is 5.71. The summed E-state index contributed by atoms with van der Waals surface area (Å²) < 4.78 is 0. The minimum Gasteiger partial charge on any atom is -0.369 e. The predicted octanol–water partition coefficient (Wildman–Crippen LogP) is 3.34. The Hall–Kier alpha value is -1.80. The lowest BCUT2D eigenvalue weighted by Crippen LogP contribution is -2.14. The molecular weight excluding hydrogens is 246 g/mol. The summed E-state index contributed by atoms with van der Waals surface area (Å²) in [5, 5.41) is 0.687. The van der Waals surface area contributed by atoms with Crippen molar-refractivity contribution in [1.29, 1.82) is 0 Å². The molecule has 2 aromatic carbocycles. The molecule has 0 aromatic heterocycles. The highest BCUT2D eigenvalue weighted by atomic mass is 35.5. The Balaban J connectivity index is 2.60. The Bertz CT molecular complexity index is 573. The van der Waals surface area contributed by atoms with Crippen molar-refractivity contribution in [1.82, 2.24) is 0 Å². The van der Waals surface area contributed by atoms with E-state index in [9.17, 15) is 4.79 Å². The quantitative estimate of drug-likeness (QED) is 0.903. The van der Waals surface area contributed by atoms with Crippen LogP contribution in [0.1, 0.15) is 11.1 Å². The van der Waals surface area contributed by atoms with Crippen LogP contribution in [-0.2, 0) is 11.2 Å². The zero-order valence-electron chi connectivity index (χ0n) is 10.1. The molecule has 0 fully saturated rings. The van der Waals surface area contributed by atoms with Crippen LogP contribution in [0.15, 0.2) is 42.5 Å². The van der Waals surface area contributed by atoms with Gasteiger partial charge in [0.2, 0.25) is 5.91 Å². The summed E-state index contributed by atoms with van der Waals surface area (Å²) >= 11 is 6.26. The summed E-state index contributed by atoms with van der Waals surface area (Å²) in [6.45, 7) is 2.00. The monoisotopic (exact) mass is 259 g/mol. The zero-order valence-corrected chi connectivity index (χ0v) is 10.9. The number of carbonyl (C=O) groups excluding carboxylic acids is 1. The molecule has 0 spiro atoms. The molecular formula is C15H14ClNO.